The number of nitrogens with zero attached hydrogens (tertiary/aromatic N) is 6. The molecule has 0 bridgehead atoms. The van der Waals surface area contributed by atoms with Crippen molar-refractivity contribution in [3.05, 3.63) is 36.8 Å². The lowest BCUT2D eigenvalue weighted by Crippen LogP contribution is -2.44. The van der Waals surface area contributed by atoms with Crippen LogP contribution in [0, 0.1) is 0 Å². The van der Waals surface area contributed by atoms with Crippen molar-refractivity contribution in [2.45, 2.75) is 18.9 Å². The van der Waals surface area contributed by atoms with Crippen LogP contribution in [-0.4, -0.2) is 74.6 Å². The van der Waals surface area contributed by atoms with Crippen molar-refractivity contribution in [3.63, 3.8) is 0 Å². The lowest BCUT2D eigenvalue weighted by molar-refractivity contribution is -0.134. The third-order valence-corrected chi connectivity index (χ3v) is 4.79. The van der Waals surface area contributed by atoms with Gasteiger partial charge in [0.05, 0.1) is 43.9 Å². The van der Waals surface area contributed by atoms with Gasteiger partial charge in [-0.1, -0.05) is 0 Å². The normalized spacial score (nSPS) is 21.6. The van der Waals surface area contributed by atoms with Gasteiger partial charge in [0.2, 0.25) is 5.91 Å². The second-order valence-corrected chi connectivity index (χ2v) is 6.41. The number of hydrogen-bond acceptors (Lipinski definition) is 6. The van der Waals surface area contributed by atoms with Gasteiger partial charge in [0.25, 0.3) is 0 Å². The highest BCUT2D eigenvalue weighted by atomic mass is 16.5. The van der Waals surface area contributed by atoms with E-state index in [0.29, 0.717) is 19.8 Å². The molecule has 0 spiro atoms. The first kappa shape index (κ1) is 16.2. The number of amides is 1. The monoisotopic (exact) mass is 342 g/mol. The number of likely N-dealkylation sites (tertiary alicyclic amines) is 1. The van der Waals surface area contributed by atoms with Gasteiger partial charge < -0.3 is 9.64 Å². The molecule has 0 radical (unpaired) electrons. The highest BCUT2D eigenvalue weighted by Crippen LogP contribution is 2.31. The number of ether oxygens (including phenoxy) is 1. The predicted molar refractivity (Wildman–Crippen MR) is 90.1 cm³/mol. The van der Waals surface area contributed by atoms with Crippen LogP contribution >= 0.6 is 0 Å². The third kappa shape index (κ3) is 3.54. The minimum atomic E-state index is 0.00418. The van der Waals surface area contributed by atoms with Crippen molar-refractivity contribution in [1.82, 2.24) is 29.3 Å². The lowest BCUT2D eigenvalue weighted by Gasteiger charge is -2.30. The summed E-state index contributed by atoms with van der Waals surface area (Å²) in [4.78, 5) is 30.0. The summed E-state index contributed by atoms with van der Waals surface area (Å²) in [6, 6.07) is 0.00418. The Morgan fingerprint density at radius 3 is 2.88 bits per heavy atom. The van der Waals surface area contributed by atoms with Gasteiger partial charge in [-0.05, 0) is 12.8 Å². The second-order valence-electron chi connectivity index (χ2n) is 6.41. The maximum Gasteiger partial charge on any atom is 0.237 e. The molecule has 2 aromatic heterocycles. The first-order chi connectivity index (χ1) is 12.3. The van der Waals surface area contributed by atoms with E-state index < -0.39 is 0 Å². The van der Waals surface area contributed by atoms with E-state index in [-0.39, 0.29) is 11.9 Å². The van der Waals surface area contributed by atoms with Gasteiger partial charge in [-0.2, -0.15) is 0 Å². The van der Waals surface area contributed by atoms with E-state index in [0.717, 1.165) is 44.0 Å². The zero-order valence-corrected chi connectivity index (χ0v) is 14.1. The standard InChI is InChI=1S/C17H22N6O2/c24-17(12-21-6-8-25-9-7-21)23-4-1-2-15(23)14-10-19-11-16(20-14)22-5-3-18-13-22/h3,5,10-11,13,15H,1-2,4,6-9,12H2/t15-/m0/s1. The minimum absolute atomic E-state index is 0.00418. The highest BCUT2D eigenvalue weighted by Gasteiger charge is 2.32. The van der Waals surface area contributed by atoms with E-state index in [2.05, 4.69) is 14.9 Å². The van der Waals surface area contributed by atoms with Crippen LogP contribution in [0.2, 0.25) is 0 Å². The van der Waals surface area contributed by atoms with Crippen molar-refractivity contribution < 1.29 is 9.53 Å². The molecule has 0 aliphatic carbocycles. The zero-order valence-electron chi connectivity index (χ0n) is 14.1. The maximum absolute atomic E-state index is 12.8. The van der Waals surface area contributed by atoms with Crippen LogP contribution in [0.4, 0.5) is 0 Å². The van der Waals surface area contributed by atoms with Gasteiger partial charge in [0.1, 0.15) is 6.33 Å². The Morgan fingerprint density at radius 2 is 2.08 bits per heavy atom. The summed E-state index contributed by atoms with van der Waals surface area (Å²) in [5.41, 5.74) is 0.846. The molecule has 2 aromatic rings. The molecule has 2 aliphatic heterocycles. The summed E-state index contributed by atoms with van der Waals surface area (Å²) in [5, 5.41) is 0. The number of morpholine rings is 1. The number of imidazole rings is 1. The Morgan fingerprint density at radius 1 is 1.20 bits per heavy atom. The summed E-state index contributed by atoms with van der Waals surface area (Å²) >= 11 is 0. The fourth-order valence-electron chi connectivity index (χ4n) is 3.46. The molecule has 132 valence electrons. The molecule has 4 rings (SSSR count). The molecule has 8 heteroatoms. The molecule has 8 nitrogen and oxygen atoms in total. The molecule has 1 atom stereocenters. The van der Waals surface area contributed by atoms with E-state index >= 15 is 0 Å². The zero-order chi connectivity index (χ0) is 17.1. The van der Waals surface area contributed by atoms with E-state index in [1.165, 1.54) is 0 Å². The summed E-state index contributed by atoms with van der Waals surface area (Å²) in [5.74, 6) is 0.890. The summed E-state index contributed by atoms with van der Waals surface area (Å²) < 4.78 is 7.18. The number of rotatable bonds is 4. The smallest absolute Gasteiger partial charge is 0.237 e. The van der Waals surface area contributed by atoms with Crippen molar-refractivity contribution in [2.75, 3.05) is 39.4 Å². The Labute approximate surface area is 146 Å². The molecular weight excluding hydrogens is 320 g/mol. The second kappa shape index (κ2) is 7.28. The molecular formula is C17H22N6O2. The molecule has 2 saturated heterocycles. The molecule has 0 N–H and O–H groups in total. The van der Waals surface area contributed by atoms with Crippen molar-refractivity contribution in [1.29, 1.82) is 0 Å². The van der Waals surface area contributed by atoms with Gasteiger partial charge in [-0.25, -0.2) is 9.97 Å². The molecule has 2 fully saturated rings. The molecule has 0 aromatic carbocycles. The van der Waals surface area contributed by atoms with Gasteiger partial charge in [-0.3, -0.25) is 19.2 Å². The molecule has 25 heavy (non-hydrogen) atoms. The van der Waals surface area contributed by atoms with Crippen molar-refractivity contribution >= 4 is 5.91 Å². The van der Waals surface area contributed by atoms with E-state index in [9.17, 15) is 4.79 Å². The number of hydrogen-bond donors (Lipinski definition) is 0. The minimum Gasteiger partial charge on any atom is -0.379 e. The van der Waals surface area contributed by atoms with Crippen LogP contribution in [-0.2, 0) is 9.53 Å². The summed E-state index contributed by atoms with van der Waals surface area (Å²) in [7, 11) is 0. The fourth-order valence-corrected chi connectivity index (χ4v) is 3.46. The van der Waals surface area contributed by atoms with Crippen LogP contribution < -0.4 is 0 Å². The predicted octanol–water partition coefficient (Wildman–Crippen LogP) is 0.658. The van der Waals surface area contributed by atoms with Crippen LogP contribution in [0.5, 0.6) is 0 Å². The first-order valence-electron chi connectivity index (χ1n) is 8.71. The summed E-state index contributed by atoms with van der Waals surface area (Å²) in [6.45, 7) is 4.28. The summed E-state index contributed by atoms with van der Waals surface area (Å²) in [6.07, 6.45) is 10.6. The van der Waals surface area contributed by atoms with Gasteiger partial charge in [0.15, 0.2) is 5.82 Å². The quantitative estimate of drug-likeness (QED) is 0.812. The molecule has 0 saturated carbocycles. The van der Waals surface area contributed by atoms with Crippen LogP contribution in [0.25, 0.3) is 5.82 Å². The van der Waals surface area contributed by atoms with Crippen LogP contribution in [0.1, 0.15) is 24.6 Å². The van der Waals surface area contributed by atoms with Gasteiger partial charge in [-0.15, -0.1) is 0 Å². The Bertz CT molecular complexity index is 714. The topological polar surface area (TPSA) is 76.4 Å². The number of carbonyl (C=O) groups excluding carboxylic acids is 1. The Kier molecular flexibility index (Phi) is 4.71. The molecule has 2 aliphatic rings. The number of carbonyl (C=O) groups is 1. The average molecular weight is 342 g/mol. The lowest BCUT2D eigenvalue weighted by atomic mass is 10.1. The van der Waals surface area contributed by atoms with E-state index in [1.54, 1.807) is 24.9 Å². The molecule has 0 unspecified atom stereocenters. The van der Waals surface area contributed by atoms with Crippen LogP contribution in [0.15, 0.2) is 31.1 Å². The van der Waals surface area contributed by atoms with E-state index in [1.807, 2.05) is 15.7 Å². The molecule has 1 amide bonds. The average Bonchev–Trinajstić information content (AvgIpc) is 3.35. The number of aromatic nitrogens is 4. The van der Waals surface area contributed by atoms with Gasteiger partial charge in [0, 0.05) is 32.0 Å². The van der Waals surface area contributed by atoms with E-state index in [4.69, 9.17) is 9.72 Å². The largest absolute Gasteiger partial charge is 0.379 e. The van der Waals surface area contributed by atoms with Crippen molar-refractivity contribution in [3.8, 4) is 5.82 Å². The van der Waals surface area contributed by atoms with Crippen LogP contribution in [0.3, 0.4) is 0 Å². The molecule has 4 heterocycles. The fraction of sp³-hybridized carbons (Fsp3) is 0.529. The third-order valence-electron chi connectivity index (χ3n) is 4.79. The van der Waals surface area contributed by atoms with Crippen molar-refractivity contribution in [2.24, 2.45) is 0 Å². The first-order valence-corrected chi connectivity index (χ1v) is 8.71. The SMILES string of the molecule is O=C(CN1CCOCC1)N1CCC[C@H]1c1cncc(-n2ccnc2)n1. The van der Waals surface area contributed by atoms with Gasteiger partial charge >= 0.3 is 0 Å². The highest BCUT2D eigenvalue weighted by molar-refractivity contribution is 5.79. The Balaban J connectivity index is 1.49. The Hall–Kier alpha value is -2.32. The maximum atomic E-state index is 12.8.